The lowest BCUT2D eigenvalue weighted by Crippen LogP contribution is -2.50. The number of carbonyl (C=O) groups is 2. The van der Waals surface area contributed by atoms with Gasteiger partial charge < -0.3 is 9.73 Å². The van der Waals surface area contributed by atoms with Crippen molar-refractivity contribution in [3.8, 4) is 11.4 Å². The highest BCUT2D eigenvalue weighted by atomic mass is 16.3. The van der Waals surface area contributed by atoms with Gasteiger partial charge in [-0.2, -0.15) is 4.80 Å². The third kappa shape index (κ3) is 5.86. The lowest BCUT2D eigenvalue weighted by molar-refractivity contribution is -0.128. The fourth-order valence-corrected chi connectivity index (χ4v) is 3.76. The fourth-order valence-electron chi connectivity index (χ4n) is 3.76. The SMILES string of the molecule is Cc1ccc(-c2nnn(CC(=O)N(c3ccccc3)C(C(=O)NC(C)(C)C)c3ccc(C)o3)n2)cc1. The van der Waals surface area contributed by atoms with Crippen LogP contribution in [0.15, 0.2) is 71.1 Å². The maximum atomic E-state index is 13.8. The predicted molar refractivity (Wildman–Crippen MR) is 136 cm³/mol. The van der Waals surface area contributed by atoms with Crippen LogP contribution in [0.4, 0.5) is 5.69 Å². The molecule has 2 heterocycles. The summed E-state index contributed by atoms with van der Waals surface area (Å²) in [6.45, 7) is 9.23. The van der Waals surface area contributed by atoms with Crippen LogP contribution in [0.25, 0.3) is 11.4 Å². The van der Waals surface area contributed by atoms with E-state index in [-0.39, 0.29) is 12.5 Å². The van der Waals surface area contributed by atoms with Crippen LogP contribution in [0, 0.1) is 13.8 Å². The van der Waals surface area contributed by atoms with Crippen LogP contribution < -0.4 is 10.2 Å². The standard InChI is InChI=1S/C27H30N6O3/c1-18-11-14-20(15-12-18)25-29-31-32(30-25)17-23(34)33(21-9-7-6-8-10-21)24(22-16-13-19(2)36-22)26(35)28-27(3,4)5/h6-16,24H,17H2,1-5H3,(H,28,35). The van der Waals surface area contributed by atoms with Crippen molar-refractivity contribution in [3.63, 3.8) is 0 Å². The number of benzene rings is 2. The first-order valence-corrected chi connectivity index (χ1v) is 11.7. The van der Waals surface area contributed by atoms with Crippen LogP contribution in [0.2, 0.25) is 0 Å². The Balaban J connectivity index is 1.69. The van der Waals surface area contributed by atoms with Crippen LogP contribution >= 0.6 is 0 Å². The Morgan fingerprint density at radius 2 is 1.69 bits per heavy atom. The molecule has 0 aliphatic carbocycles. The minimum Gasteiger partial charge on any atom is -0.464 e. The van der Waals surface area contributed by atoms with Gasteiger partial charge in [0, 0.05) is 16.8 Å². The Kier molecular flexibility index (Phi) is 7.00. The van der Waals surface area contributed by atoms with E-state index < -0.39 is 17.5 Å². The molecule has 2 aromatic carbocycles. The molecule has 9 heteroatoms. The third-order valence-electron chi connectivity index (χ3n) is 5.38. The topological polar surface area (TPSA) is 106 Å². The van der Waals surface area contributed by atoms with Gasteiger partial charge in [-0.15, -0.1) is 10.2 Å². The van der Waals surface area contributed by atoms with Gasteiger partial charge in [0.2, 0.25) is 5.82 Å². The number of hydrogen-bond acceptors (Lipinski definition) is 6. The molecule has 1 unspecified atom stereocenters. The van der Waals surface area contributed by atoms with Crippen molar-refractivity contribution < 1.29 is 14.0 Å². The fraction of sp³-hybridized carbons (Fsp3) is 0.296. The summed E-state index contributed by atoms with van der Waals surface area (Å²) >= 11 is 0. The number of amides is 2. The number of furan rings is 1. The number of anilines is 1. The monoisotopic (exact) mass is 486 g/mol. The van der Waals surface area contributed by atoms with Crippen molar-refractivity contribution in [1.82, 2.24) is 25.5 Å². The molecule has 36 heavy (non-hydrogen) atoms. The van der Waals surface area contributed by atoms with Crippen molar-refractivity contribution in [2.45, 2.75) is 52.7 Å². The second-order valence-electron chi connectivity index (χ2n) is 9.70. The first-order chi connectivity index (χ1) is 17.1. The summed E-state index contributed by atoms with van der Waals surface area (Å²) < 4.78 is 5.85. The van der Waals surface area contributed by atoms with Crippen molar-refractivity contribution in [2.24, 2.45) is 0 Å². The minimum absolute atomic E-state index is 0.216. The molecule has 4 rings (SSSR count). The van der Waals surface area contributed by atoms with E-state index in [9.17, 15) is 9.59 Å². The summed E-state index contributed by atoms with van der Waals surface area (Å²) in [5.41, 5.74) is 1.95. The molecule has 9 nitrogen and oxygen atoms in total. The van der Waals surface area contributed by atoms with Gasteiger partial charge >= 0.3 is 0 Å². The molecule has 0 spiro atoms. The van der Waals surface area contributed by atoms with E-state index in [1.807, 2.05) is 70.2 Å². The lowest BCUT2D eigenvalue weighted by atomic mass is 10.1. The highest BCUT2D eigenvalue weighted by molar-refractivity contribution is 6.01. The molecule has 0 aliphatic rings. The Morgan fingerprint density at radius 1 is 1.00 bits per heavy atom. The number of aromatic nitrogens is 4. The average molecular weight is 487 g/mol. The number of nitrogens with zero attached hydrogens (tertiary/aromatic N) is 5. The Morgan fingerprint density at radius 3 is 2.31 bits per heavy atom. The van der Waals surface area contributed by atoms with E-state index >= 15 is 0 Å². The van der Waals surface area contributed by atoms with Crippen LogP contribution in [0.1, 0.15) is 43.9 Å². The van der Waals surface area contributed by atoms with E-state index in [2.05, 4.69) is 20.7 Å². The van der Waals surface area contributed by atoms with E-state index in [1.165, 1.54) is 9.70 Å². The highest BCUT2D eigenvalue weighted by Gasteiger charge is 2.36. The van der Waals surface area contributed by atoms with E-state index in [1.54, 1.807) is 31.2 Å². The number of rotatable bonds is 7. The largest absolute Gasteiger partial charge is 0.464 e. The lowest BCUT2D eigenvalue weighted by Gasteiger charge is -2.32. The van der Waals surface area contributed by atoms with Crippen LogP contribution in [-0.2, 0) is 16.1 Å². The molecule has 2 aromatic heterocycles. The summed E-state index contributed by atoms with van der Waals surface area (Å²) in [6.07, 6.45) is 0. The van der Waals surface area contributed by atoms with Gasteiger partial charge in [-0.3, -0.25) is 14.5 Å². The molecular weight excluding hydrogens is 456 g/mol. The predicted octanol–water partition coefficient (Wildman–Crippen LogP) is 4.24. The summed E-state index contributed by atoms with van der Waals surface area (Å²) in [6, 6.07) is 19.2. The first-order valence-electron chi connectivity index (χ1n) is 11.7. The summed E-state index contributed by atoms with van der Waals surface area (Å²) in [4.78, 5) is 30.0. The van der Waals surface area contributed by atoms with Gasteiger partial charge in [-0.05, 0) is 64.1 Å². The second-order valence-corrected chi connectivity index (χ2v) is 9.70. The zero-order valence-electron chi connectivity index (χ0n) is 21.1. The van der Waals surface area contributed by atoms with Crippen molar-refractivity contribution in [1.29, 1.82) is 0 Å². The quantitative estimate of drug-likeness (QED) is 0.419. The molecule has 4 aromatic rings. The third-order valence-corrected chi connectivity index (χ3v) is 5.38. The Hall–Kier alpha value is -4.27. The zero-order chi connectivity index (χ0) is 25.9. The molecule has 0 aliphatic heterocycles. The minimum atomic E-state index is -1.03. The Labute approximate surface area is 210 Å². The summed E-state index contributed by atoms with van der Waals surface area (Å²) in [5.74, 6) is 0.661. The molecule has 0 fully saturated rings. The van der Waals surface area contributed by atoms with Gasteiger partial charge in [-0.25, -0.2) is 0 Å². The van der Waals surface area contributed by atoms with Gasteiger partial charge in [0.15, 0.2) is 6.04 Å². The molecule has 0 radical (unpaired) electrons. The summed E-state index contributed by atoms with van der Waals surface area (Å²) in [7, 11) is 0. The van der Waals surface area contributed by atoms with Crippen molar-refractivity contribution >= 4 is 17.5 Å². The zero-order valence-corrected chi connectivity index (χ0v) is 21.1. The number of para-hydroxylation sites is 1. The number of carbonyl (C=O) groups excluding carboxylic acids is 2. The molecular formula is C27H30N6O3. The molecule has 186 valence electrons. The van der Waals surface area contributed by atoms with E-state index in [0.29, 0.717) is 23.0 Å². The number of nitrogens with one attached hydrogen (secondary N) is 1. The molecule has 0 saturated carbocycles. The number of hydrogen-bond donors (Lipinski definition) is 1. The number of aryl methyl sites for hydroxylation is 2. The molecule has 2 amide bonds. The van der Waals surface area contributed by atoms with Gasteiger partial charge in [0.25, 0.3) is 11.8 Å². The highest BCUT2D eigenvalue weighted by Crippen LogP contribution is 2.30. The van der Waals surface area contributed by atoms with Gasteiger partial charge in [-0.1, -0.05) is 48.0 Å². The molecule has 1 atom stereocenters. The summed E-state index contributed by atoms with van der Waals surface area (Å²) in [5, 5.41) is 15.6. The van der Waals surface area contributed by atoms with Crippen LogP contribution in [0.3, 0.4) is 0 Å². The number of tetrazole rings is 1. The first kappa shape index (κ1) is 24.8. The van der Waals surface area contributed by atoms with Gasteiger partial charge in [0.1, 0.15) is 18.1 Å². The molecule has 0 bridgehead atoms. The molecule has 0 saturated heterocycles. The smallest absolute Gasteiger partial charge is 0.251 e. The Bertz CT molecular complexity index is 1340. The van der Waals surface area contributed by atoms with Crippen LogP contribution in [0.5, 0.6) is 0 Å². The van der Waals surface area contributed by atoms with Crippen molar-refractivity contribution in [2.75, 3.05) is 4.90 Å². The van der Waals surface area contributed by atoms with E-state index in [0.717, 1.165) is 11.1 Å². The molecule has 1 N–H and O–H groups in total. The normalized spacial score (nSPS) is 12.2. The average Bonchev–Trinajstić information content (AvgIpc) is 3.46. The van der Waals surface area contributed by atoms with Crippen molar-refractivity contribution in [3.05, 3.63) is 83.8 Å². The van der Waals surface area contributed by atoms with Gasteiger partial charge in [0.05, 0.1) is 0 Å². The maximum absolute atomic E-state index is 13.8. The maximum Gasteiger partial charge on any atom is 0.251 e. The second kappa shape index (κ2) is 10.2. The van der Waals surface area contributed by atoms with Crippen LogP contribution in [-0.4, -0.2) is 37.6 Å². The van der Waals surface area contributed by atoms with E-state index in [4.69, 9.17) is 4.42 Å².